The van der Waals surface area contributed by atoms with Gasteiger partial charge in [-0.3, -0.25) is 14.5 Å². The van der Waals surface area contributed by atoms with E-state index >= 15 is 0 Å². The highest BCUT2D eigenvalue weighted by molar-refractivity contribution is 5.95. The molecule has 0 aromatic heterocycles. The number of aliphatic hydroxyl groups excluding tert-OH is 1. The van der Waals surface area contributed by atoms with Crippen LogP contribution in [0, 0.1) is 0 Å². The summed E-state index contributed by atoms with van der Waals surface area (Å²) < 4.78 is 47.7. The second kappa shape index (κ2) is 22.6. The molecule has 3 aromatic carbocycles. The lowest BCUT2D eigenvalue weighted by atomic mass is 9.83. The highest BCUT2D eigenvalue weighted by Crippen LogP contribution is 2.47. The topological polar surface area (TPSA) is 143 Å². The molecule has 294 valence electrons. The van der Waals surface area contributed by atoms with Gasteiger partial charge in [-0.25, -0.2) is 0 Å². The molecule has 5 unspecified atom stereocenters. The van der Waals surface area contributed by atoms with Gasteiger partial charge in [-0.1, -0.05) is 66.7 Å². The largest absolute Gasteiger partial charge is 0.453 e. The van der Waals surface area contributed by atoms with Crippen molar-refractivity contribution in [2.75, 3.05) is 91.0 Å². The molecule has 0 aliphatic carbocycles. The van der Waals surface area contributed by atoms with Crippen LogP contribution in [0.2, 0.25) is 0 Å². The van der Waals surface area contributed by atoms with Crippen molar-refractivity contribution in [3.63, 3.8) is 0 Å². The van der Waals surface area contributed by atoms with E-state index in [4.69, 9.17) is 37.9 Å². The number of ether oxygens (including phenoxy) is 8. The standard InChI is InChI=1S/C41H54N2O11/c1-30(52-31(2)45)40(46)42-36-10-6-9-35(27-36)41-53-37(28-43-15-17-47-19-21-49-23-25-51-26-24-50-22-20-48-18-16-43)38(33-7-4-3-5-8-33)39(54-41)34-13-11-32(29-44)12-14-34/h3-14,27,30,37-39,41,44H,15-26,28-29H2,1-2H3,(H,42,46). The smallest absolute Gasteiger partial charge is 0.303 e. The van der Waals surface area contributed by atoms with Crippen LogP contribution in [0.3, 0.4) is 0 Å². The molecule has 2 heterocycles. The van der Waals surface area contributed by atoms with Crippen molar-refractivity contribution in [2.24, 2.45) is 0 Å². The predicted octanol–water partition coefficient (Wildman–Crippen LogP) is 4.41. The monoisotopic (exact) mass is 750 g/mol. The van der Waals surface area contributed by atoms with Crippen molar-refractivity contribution in [3.05, 3.63) is 101 Å². The zero-order valence-corrected chi connectivity index (χ0v) is 31.3. The SMILES string of the molecule is CC(=O)OC(C)C(=O)Nc1cccc(C2OC(CN3CCOCCOCCOCCOCCOCC3)C(c3ccccc3)C(c3ccc(CO)cc3)O2)c1. The molecule has 13 heteroatoms. The van der Waals surface area contributed by atoms with Crippen molar-refractivity contribution in [1.82, 2.24) is 4.90 Å². The van der Waals surface area contributed by atoms with E-state index in [-0.39, 0.29) is 18.6 Å². The Balaban J connectivity index is 1.42. The molecule has 2 aliphatic rings. The highest BCUT2D eigenvalue weighted by Gasteiger charge is 2.42. The molecule has 54 heavy (non-hydrogen) atoms. The van der Waals surface area contributed by atoms with Crippen LogP contribution in [0.25, 0.3) is 0 Å². The molecule has 0 saturated carbocycles. The van der Waals surface area contributed by atoms with Gasteiger partial charge in [-0.15, -0.1) is 0 Å². The lowest BCUT2D eigenvalue weighted by Crippen LogP contribution is -2.46. The summed E-state index contributed by atoms with van der Waals surface area (Å²) in [7, 11) is 0. The summed E-state index contributed by atoms with van der Waals surface area (Å²) in [5, 5.41) is 12.6. The average Bonchev–Trinajstić information content (AvgIpc) is 3.18. The van der Waals surface area contributed by atoms with Gasteiger partial charge in [0.05, 0.1) is 84.9 Å². The van der Waals surface area contributed by atoms with Gasteiger partial charge in [0, 0.05) is 43.7 Å². The third-order valence-electron chi connectivity index (χ3n) is 9.14. The van der Waals surface area contributed by atoms with Gasteiger partial charge in [-0.2, -0.15) is 0 Å². The van der Waals surface area contributed by atoms with Crippen LogP contribution < -0.4 is 5.32 Å². The van der Waals surface area contributed by atoms with Crippen LogP contribution in [-0.2, 0) is 54.1 Å². The van der Waals surface area contributed by atoms with Crippen molar-refractivity contribution in [1.29, 1.82) is 0 Å². The summed E-state index contributed by atoms with van der Waals surface area (Å²) in [5.74, 6) is -1.20. The maximum atomic E-state index is 12.8. The number of anilines is 1. The summed E-state index contributed by atoms with van der Waals surface area (Å²) in [6.07, 6.45) is -2.56. The maximum absolute atomic E-state index is 12.8. The van der Waals surface area contributed by atoms with E-state index < -0.39 is 30.4 Å². The minimum absolute atomic E-state index is 0.0668. The molecule has 13 nitrogen and oxygen atoms in total. The van der Waals surface area contributed by atoms with E-state index in [9.17, 15) is 14.7 Å². The fraction of sp³-hybridized carbons (Fsp3) is 0.512. The van der Waals surface area contributed by atoms with Crippen LogP contribution in [-0.4, -0.2) is 120 Å². The molecular formula is C41H54N2O11. The van der Waals surface area contributed by atoms with E-state index in [1.165, 1.54) is 13.8 Å². The van der Waals surface area contributed by atoms with Crippen molar-refractivity contribution >= 4 is 17.6 Å². The zero-order valence-electron chi connectivity index (χ0n) is 31.3. The number of carbonyl (C=O) groups is 2. The van der Waals surface area contributed by atoms with Crippen LogP contribution in [0.4, 0.5) is 5.69 Å². The summed E-state index contributed by atoms with van der Waals surface area (Å²) in [4.78, 5) is 26.6. The Morgan fingerprint density at radius 1 is 0.741 bits per heavy atom. The van der Waals surface area contributed by atoms with Crippen LogP contribution in [0.1, 0.15) is 54.4 Å². The Hall–Kier alpha value is -3.76. The zero-order chi connectivity index (χ0) is 38.0. The number of carbonyl (C=O) groups excluding carboxylic acids is 2. The van der Waals surface area contributed by atoms with Crippen LogP contribution in [0.5, 0.6) is 0 Å². The van der Waals surface area contributed by atoms with Gasteiger partial charge < -0.3 is 48.3 Å². The number of nitrogens with zero attached hydrogens (tertiary/aromatic N) is 1. The van der Waals surface area contributed by atoms with Gasteiger partial charge in [-0.05, 0) is 35.7 Å². The molecule has 0 spiro atoms. The van der Waals surface area contributed by atoms with Crippen molar-refractivity contribution in [2.45, 2.75) is 51.0 Å². The molecule has 2 saturated heterocycles. The predicted molar refractivity (Wildman–Crippen MR) is 200 cm³/mol. The van der Waals surface area contributed by atoms with E-state index in [1.807, 2.05) is 60.7 Å². The molecule has 5 rings (SSSR count). The minimum atomic E-state index is -0.963. The second-order valence-corrected chi connectivity index (χ2v) is 13.1. The first kappa shape index (κ1) is 41.4. The van der Waals surface area contributed by atoms with Gasteiger partial charge in [0.25, 0.3) is 5.91 Å². The summed E-state index contributed by atoms with van der Waals surface area (Å²) in [6.45, 7) is 9.38. The van der Waals surface area contributed by atoms with Crippen molar-refractivity contribution in [3.8, 4) is 0 Å². The molecule has 5 atom stereocenters. The fourth-order valence-corrected chi connectivity index (χ4v) is 6.39. The van der Waals surface area contributed by atoms with Crippen LogP contribution >= 0.6 is 0 Å². The number of benzene rings is 3. The third-order valence-corrected chi connectivity index (χ3v) is 9.14. The Kier molecular flexibility index (Phi) is 17.3. The van der Waals surface area contributed by atoms with E-state index in [1.54, 1.807) is 6.07 Å². The minimum Gasteiger partial charge on any atom is -0.453 e. The molecule has 2 fully saturated rings. The Bertz CT molecular complexity index is 1530. The average molecular weight is 751 g/mol. The molecular weight excluding hydrogens is 696 g/mol. The molecule has 3 aromatic rings. The molecule has 1 amide bonds. The quantitative estimate of drug-likeness (QED) is 0.299. The van der Waals surface area contributed by atoms with E-state index in [2.05, 4.69) is 22.3 Å². The molecule has 0 radical (unpaired) electrons. The van der Waals surface area contributed by atoms with Gasteiger partial charge in [0.15, 0.2) is 12.4 Å². The second-order valence-electron chi connectivity index (χ2n) is 13.1. The first-order chi connectivity index (χ1) is 26.4. The maximum Gasteiger partial charge on any atom is 0.303 e. The third kappa shape index (κ3) is 13.2. The highest BCUT2D eigenvalue weighted by atomic mass is 16.7. The first-order valence-corrected chi connectivity index (χ1v) is 18.7. The van der Waals surface area contributed by atoms with Crippen LogP contribution in [0.15, 0.2) is 78.9 Å². The summed E-state index contributed by atoms with van der Waals surface area (Å²) in [6, 6.07) is 25.3. The number of nitrogens with one attached hydrogen (secondary N) is 1. The van der Waals surface area contributed by atoms with Gasteiger partial charge >= 0.3 is 5.97 Å². The first-order valence-electron chi connectivity index (χ1n) is 18.7. The Morgan fingerprint density at radius 2 is 1.31 bits per heavy atom. The lowest BCUT2D eigenvalue weighted by molar-refractivity contribution is -0.263. The Morgan fingerprint density at radius 3 is 1.89 bits per heavy atom. The van der Waals surface area contributed by atoms with Gasteiger partial charge in [0.1, 0.15) is 0 Å². The number of amides is 1. The lowest BCUT2D eigenvalue weighted by Gasteiger charge is -2.44. The number of rotatable bonds is 9. The summed E-state index contributed by atoms with van der Waals surface area (Å²) in [5.41, 5.74) is 4.02. The van der Waals surface area contributed by atoms with E-state index in [0.717, 1.165) is 16.7 Å². The number of hydrogen-bond donors (Lipinski definition) is 2. The molecule has 2 aliphatic heterocycles. The fourth-order valence-electron chi connectivity index (χ4n) is 6.39. The van der Waals surface area contributed by atoms with Gasteiger partial charge in [0.2, 0.25) is 0 Å². The number of hydrogen-bond acceptors (Lipinski definition) is 12. The van der Waals surface area contributed by atoms with E-state index in [0.29, 0.717) is 97.0 Å². The normalized spacial score (nSPS) is 23.7. The molecule has 0 bridgehead atoms. The number of aliphatic hydroxyl groups is 1. The summed E-state index contributed by atoms with van der Waals surface area (Å²) >= 11 is 0. The van der Waals surface area contributed by atoms with Crippen molar-refractivity contribution < 1.29 is 52.6 Å². The Labute approximate surface area is 317 Å². The number of esters is 1. The molecule has 2 N–H and O–H groups in total.